The molecule has 0 saturated carbocycles. The maximum absolute atomic E-state index is 12.0. The summed E-state index contributed by atoms with van der Waals surface area (Å²) >= 11 is 0. The Hall–Kier alpha value is -3.22. The Kier molecular flexibility index (Phi) is 12.6. The number of carbonyl (C=O) groups excluding carboxylic acids is 2. The molecule has 0 radical (unpaired) electrons. The molecule has 0 amide bonds. The molecule has 3 unspecified atom stereocenters. The summed E-state index contributed by atoms with van der Waals surface area (Å²) < 4.78 is 16.8. The molecule has 40 heavy (non-hydrogen) atoms. The number of unbranched alkanes of at least 4 members (excludes halogenated alkanes) is 2. The van der Waals surface area contributed by atoms with Crippen LogP contribution in [-0.4, -0.2) is 49.6 Å². The van der Waals surface area contributed by atoms with Gasteiger partial charge in [-0.2, -0.15) is 0 Å². The Morgan fingerprint density at radius 1 is 0.950 bits per heavy atom. The van der Waals surface area contributed by atoms with E-state index in [4.69, 9.17) is 19.3 Å². The molecule has 3 rings (SSSR count). The summed E-state index contributed by atoms with van der Waals surface area (Å²) in [6, 6.07) is 17.7. The number of rotatable bonds is 15. The highest BCUT2D eigenvalue weighted by Crippen LogP contribution is 2.32. The van der Waals surface area contributed by atoms with Crippen molar-refractivity contribution in [3.8, 4) is 11.1 Å². The van der Waals surface area contributed by atoms with Crippen molar-refractivity contribution in [3.63, 3.8) is 0 Å². The van der Waals surface area contributed by atoms with E-state index in [2.05, 4.69) is 68.6 Å². The predicted octanol–water partition coefficient (Wildman–Crippen LogP) is 6.57. The van der Waals surface area contributed by atoms with Gasteiger partial charge in [-0.05, 0) is 61.3 Å². The van der Waals surface area contributed by atoms with Crippen LogP contribution < -0.4 is 0 Å². The second kappa shape index (κ2) is 16.1. The van der Waals surface area contributed by atoms with Crippen molar-refractivity contribution < 1.29 is 28.9 Å². The summed E-state index contributed by atoms with van der Waals surface area (Å²) in [7, 11) is 0. The Morgan fingerprint density at radius 2 is 1.57 bits per heavy atom. The highest BCUT2D eigenvalue weighted by Gasteiger charge is 2.27. The van der Waals surface area contributed by atoms with Crippen LogP contribution >= 0.6 is 0 Å². The zero-order valence-electron chi connectivity index (χ0n) is 24.0. The molecule has 1 aliphatic heterocycles. The Bertz CT molecular complexity index is 1110. The van der Waals surface area contributed by atoms with Gasteiger partial charge in [0.05, 0.1) is 38.1 Å². The molecular weight excluding hydrogens is 504 g/mol. The normalized spacial score (nSPS) is 17.6. The van der Waals surface area contributed by atoms with Gasteiger partial charge in [-0.3, -0.25) is 0 Å². The van der Waals surface area contributed by atoms with Gasteiger partial charge in [0.25, 0.3) is 0 Å². The lowest BCUT2D eigenvalue weighted by molar-refractivity contribution is -0.145. The van der Waals surface area contributed by atoms with Crippen LogP contribution in [0.1, 0.15) is 69.4 Å². The predicted molar refractivity (Wildman–Crippen MR) is 158 cm³/mol. The van der Waals surface area contributed by atoms with Gasteiger partial charge in [0.2, 0.25) is 0 Å². The van der Waals surface area contributed by atoms with E-state index >= 15 is 0 Å². The number of hydrogen-bond acceptors (Lipinski definition) is 6. The maximum Gasteiger partial charge on any atom is 0.335 e. The molecule has 0 bridgehead atoms. The van der Waals surface area contributed by atoms with Crippen molar-refractivity contribution in [1.29, 1.82) is 0 Å². The van der Waals surface area contributed by atoms with Gasteiger partial charge in [-0.1, -0.05) is 81.5 Å². The fourth-order valence-corrected chi connectivity index (χ4v) is 4.88. The van der Waals surface area contributed by atoms with Crippen LogP contribution in [0.2, 0.25) is 0 Å². The van der Waals surface area contributed by atoms with E-state index in [9.17, 15) is 9.59 Å². The first kappa shape index (κ1) is 31.3. The number of aliphatic hydroxyl groups is 1. The number of esters is 2. The largest absolute Gasteiger partial charge is 0.462 e. The lowest BCUT2D eigenvalue weighted by Crippen LogP contribution is -2.31. The minimum atomic E-state index is -0.658. The van der Waals surface area contributed by atoms with Crippen molar-refractivity contribution in [3.05, 3.63) is 84.0 Å². The quantitative estimate of drug-likeness (QED) is 0.154. The fourth-order valence-electron chi connectivity index (χ4n) is 4.88. The van der Waals surface area contributed by atoms with Gasteiger partial charge in [-0.25, -0.2) is 9.59 Å². The van der Waals surface area contributed by atoms with Gasteiger partial charge < -0.3 is 19.3 Å². The smallest absolute Gasteiger partial charge is 0.335 e. The molecule has 0 aromatic heterocycles. The zero-order valence-corrected chi connectivity index (χ0v) is 24.0. The summed E-state index contributed by atoms with van der Waals surface area (Å²) in [5.41, 5.74) is 5.40. The van der Waals surface area contributed by atoms with E-state index < -0.39 is 18.5 Å². The van der Waals surface area contributed by atoms with E-state index in [1.165, 1.54) is 41.5 Å². The average molecular weight is 549 g/mol. The Balaban J connectivity index is 1.52. The minimum absolute atomic E-state index is 0.0140. The molecule has 0 spiro atoms. The van der Waals surface area contributed by atoms with E-state index in [0.29, 0.717) is 24.5 Å². The fraction of sp³-hybridized carbons (Fsp3) is 0.471. The van der Waals surface area contributed by atoms with Gasteiger partial charge in [-0.15, -0.1) is 0 Å². The second-order valence-electron chi connectivity index (χ2n) is 10.8. The lowest BCUT2D eigenvalue weighted by atomic mass is 9.88. The molecule has 0 aliphatic carbocycles. The Labute approximate surface area is 239 Å². The summed E-state index contributed by atoms with van der Waals surface area (Å²) in [5.74, 6) is -1.06. The summed E-state index contributed by atoms with van der Waals surface area (Å²) in [5, 5.41) is 9.10. The highest BCUT2D eigenvalue weighted by molar-refractivity contribution is 5.88. The van der Waals surface area contributed by atoms with Gasteiger partial charge in [0.15, 0.2) is 0 Å². The first-order chi connectivity index (χ1) is 19.3. The topological polar surface area (TPSA) is 82.1 Å². The summed E-state index contributed by atoms with van der Waals surface area (Å²) in [4.78, 5) is 23.9. The molecule has 1 aliphatic rings. The highest BCUT2D eigenvalue weighted by atomic mass is 16.5. The molecule has 6 nitrogen and oxygen atoms in total. The minimum Gasteiger partial charge on any atom is -0.462 e. The average Bonchev–Trinajstić information content (AvgIpc) is 2.98. The molecular formula is C34H44O6. The standard InChI is InChI=1S/C34H44O6/c1-5-6-7-8-26-9-11-28(12-10-26)29-13-15-30(16-14-29)31-17-18-32(38-23-31)19-27(21-39-33(36)24(2)3)22-40-34(37)25(4)20-35/h9-16,27,31-32,35H,2,4-8,17-23H2,1,3H3. The van der Waals surface area contributed by atoms with Crippen molar-refractivity contribution in [1.82, 2.24) is 0 Å². The van der Waals surface area contributed by atoms with Crippen LogP contribution in [0, 0.1) is 5.92 Å². The molecule has 216 valence electrons. The molecule has 1 heterocycles. The van der Waals surface area contributed by atoms with Crippen LogP contribution in [-0.2, 0) is 30.2 Å². The summed E-state index contributed by atoms with van der Waals surface area (Å²) in [6.45, 7) is 11.2. The maximum atomic E-state index is 12.0. The molecule has 3 atom stereocenters. The molecule has 2 aromatic carbocycles. The van der Waals surface area contributed by atoms with Crippen molar-refractivity contribution in [2.24, 2.45) is 5.92 Å². The van der Waals surface area contributed by atoms with Crippen LogP contribution in [0.3, 0.4) is 0 Å². The van der Waals surface area contributed by atoms with Gasteiger partial charge >= 0.3 is 11.9 Å². The lowest BCUT2D eigenvalue weighted by Gasteiger charge is -2.31. The van der Waals surface area contributed by atoms with E-state index in [-0.39, 0.29) is 30.8 Å². The third-order valence-electron chi connectivity index (χ3n) is 7.43. The number of aryl methyl sites for hydroxylation is 1. The number of benzene rings is 2. The zero-order chi connectivity index (χ0) is 28.9. The number of ether oxygens (including phenoxy) is 3. The Morgan fingerprint density at radius 3 is 2.12 bits per heavy atom. The van der Waals surface area contributed by atoms with Crippen molar-refractivity contribution >= 4 is 11.9 Å². The van der Waals surface area contributed by atoms with Crippen LogP contribution in [0.5, 0.6) is 0 Å². The molecule has 2 aromatic rings. The first-order valence-electron chi connectivity index (χ1n) is 14.4. The van der Waals surface area contributed by atoms with Crippen molar-refractivity contribution in [2.75, 3.05) is 26.4 Å². The molecule has 1 N–H and O–H groups in total. The molecule has 1 fully saturated rings. The second-order valence-corrected chi connectivity index (χ2v) is 10.8. The van der Waals surface area contributed by atoms with Crippen LogP contribution in [0.15, 0.2) is 72.8 Å². The summed E-state index contributed by atoms with van der Waals surface area (Å²) in [6.07, 6.45) is 7.29. The molecule has 1 saturated heterocycles. The monoisotopic (exact) mass is 548 g/mol. The van der Waals surface area contributed by atoms with E-state index in [0.717, 1.165) is 19.3 Å². The van der Waals surface area contributed by atoms with Crippen molar-refractivity contribution in [2.45, 2.75) is 70.8 Å². The molecule has 6 heteroatoms. The number of hydrogen-bond donors (Lipinski definition) is 1. The van der Waals surface area contributed by atoms with Gasteiger partial charge in [0, 0.05) is 17.4 Å². The first-order valence-corrected chi connectivity index (χ1v) is 14.4. The van der Waals surface area contributed by atoms with Crippen LogP contribution in [0.4, 0.5) is 0 Å². The third kappa shape index (κ3) is 9.76. The van der Waals surface area contributed by atoms with E-state index in [1.54, 1.807) is 6.92 Å². The third-order valence-corrected chi connectivity index (χ3v) is 7.43. The number of aliphatic hydroxyl groups excluding tert-OH is 1. The van der Waals surface area contributed by atoms with E-state index in [1.807, 2.05) is 0 Å². The van der Waals surface area contributed by atoms with Gasteiger partial charge in [0.1, 0.15) is 0 Å². The number of carbonyl (C=O) groups is 2. The van der Waals surface area contributed by atoms with Crippen LogP contribution in [0.25, 0.3) is 11.1 Å². The SMILES string of the molecule is C=C(C)C(=O)OCC(COC(=O)C(=C)CO)CC1CCC(c2ccc(-c3ccc(CCCCC)cc3)cc2)CO1.